The van der Waals surface area contributed by atoms with Crippen LogP contribution in [0.4, 0.5) is 0 Å². The zero-order chi connectivity index (χ0) is 13.3. The first-order chi connectivity index (χ1) is 7.62. The first kappa shape index (κ1) is 14.9. The van der Waals surface area contributed by atoms with Crippen LogP contribution in [0.15, 0.2) is 0 Å². The SMILES string of the molecule is CC(O)C1CCN(S(=O)(=O)CS(C)(=O)=O)CC1. The molecular weight excluding hydrogens is 266 g/mol. The molecule has 102 valence electrons. The molecule has 0 spiro atoms. The molecule has 0 bridgehead atoms. The van der Waals surface area contributed by atoms with Crippen LogP contribution >= 0.6 is 0 Å². The number of nitrogens with zero attached hydrogens (tertiary/aromatic N) is 1. The summed E-state index contributed by atoms with van der Waals surface area (Å²) in [5.74, 6) is 0.0969. The van der Waals surface area contributed by atoms with E-state index in [2.05, 4.69) is 0 Å². The number of hydrogen-bond acceptors (Lipinski definition) is 5. The predicted molar refractivity (Wildman–Crippen MR) is 64.6 cm³/mol. The fourth-order valence-electron chi connectivity index (χ4n) is 1.98. The minimum absolute atomic E-state index is 0.0969. The molecule has 0 amide bonds. The van der Waals surface area contributed by atoms with Crippen LogP contribution in [0, 0.1) is 5.92 Å². The van der Waals surface area contributed by atoms with Gasteiger partial charge in [-0.25, -0.2) is 21.1 Å². The van der Waals surface area contributed by atoms with Crippen molar-refractivity contribution in [3.05, 3.63) is 0 Å². The van der Waals surface area contributed by atoms with E-state index < -0.39 is 31.0 Å². The van der Waals surface area contributed by atoms with Crippen molar-refractivity contribution in [2.24, 2.45) is 5.92 Å². The highest BCUT2D eigenvalue weighted by Crippen LogP contribution is 2.22. The van der Waals surface area contributed by atoms with Crippen LogP contribution in [0.2, 0.25) is 0 Å². The molecule has 6 nitrogen and oxygen atoms in total. The Morgan fingerprint density at radius 3 is 2.06 bits per heavy atom. The molecule has 0 aromatic carbocycles. The minimum Gasteiger partial charge on any atom is -0.393 e. The molecule has 1 aliphatic heterocycles. The van der Waals surface area contributed by atoms with Crippen LogP contribution in [0.3, 0.4) is 0 Å². The molecule has 1 rings (SSSR count). The molecule has 0 aromatic rings. The van der Waals surface area contributed by atoms with E-state index in [-0.39, 0.29) is 19.0 Å². The van der Waals surface area contributed by atoms with Crippen molar-refractivity contribution in [2.75, 3.05) is 24.4 Å². The van der Waals surface area contributed by atoms with Gasteiger partial charge in [0.25, 0.3) is 0 Å². The Hall–Kier alpha value is -0.180. The van der Waals surface area contributed by atoms with Crippen molar-refractivity contribution in [3.8, 4) is 0 Å². The summed E-state index contributed by atoms with van der Waals surface area (Å²) in [6.07, 6.45) is 1.60. The van der Waals surface area contributed by atoms with E-state index in [1.165, 1.54) is 4.31 Å². The first-order valence-electron chi connectivity index (χ1n) is 5.45. The van der Waals surface area contributed by atoms with Crippen LogP contribution < -0.4 is 0 Å². The fourth-order valence-corrected chi connectivity index (χ4v) is 5.51. The second kappa shape index (κ2) is 5.21. The van der Waals surface area contributed by atoms with Gasteiger partial charge >= 0.3 is 0 Å². The third kappa shape index (κ3) is 4.53. The molecule has 17 heavy (non-hydrogen) atoms. The van der Waals surface area contributed by atoms with Crippen molar-refractivity contribution in [1.82, 2.24) is 4.31 Å². The van der Waals surface area contributed by atoms with E-state index in [0.717, 1.165) is 6.26 Å². The van der Waals surface area contributed by atoms with Crippen LogP contribution in [0.25, 0.3) is 0 Å². The normalized spacial score (nSPS) is 22.5. The molecule has 0 saturated carbocycles. The van der Waals surface area contributed by atoms with Gasteiger partial charge < -0.3 is 5.11 Å². The highest BCUT2D eigenvalue weighted by Gasteiger charge is 2.31. The van der Waals surface area contributed by atoms with Crippen molar-refractivity contribution in [3.63, 3.8) is 0 Å². The smallest absolute Gasteiger partial charge is 0.228 e. The van der Waals surface area contributed by atoms with Gasteiger partial charge in [-0.2, -0.15) is 0 Å². The van der Waals surface area contributed by atoms with E-state index in [0.29, 0.717) is 12.8 Å². The summed E-state index contributed by atoms with van der Waals surface area (Å²) >= 11 is 0. The number of rotatable bonds is 4. The number of sulfone groups is 1. The Bertz CT molecular complexity index is 446. The average Bonchev–Trinajstić information content (AvgIpc) is 2.14. The third-order valence-corrected chi connectivity index (χ3v) is 6.99. The van der Waals surface area contributed by atoms with Gasteiger partial charge in [-0.05, 0) is 25.7 Å². The Labute approximate surface area is 103 Å². The first-order valence-corrected chi connectivity index (χ1v) is 9.12. The molecule has 1 N–H and O–H groups in total. The second-order valence-electron chi connectivity index (χ2n) is 4.63. The zero-order valence-corrected chi connectivity index (χ0v) is 11.7. The van der Waals surface area contributed by atoms with Crippen LogP contribution in [-0.4, -0.2) is 56.8 Å². The van der Waals surface area contributed by atoms with Crippen LogP contribution in [0.5, 0.6) is 0 Å². The average molecular weight is 285 g/mol. The van der Waals surface area contributed by atoms with Gasteiger partial charge in [-0.15, -0.1) is 0 Å². The highest BCUT2D eigenvalue weighted by atomic mass is 32.3. The molecule has 0 aliphatic carbocycles. The van der Waals surface area contributed by atoms with Crippen molar-refractivity contribution >= 4 is 19.9 Å². The van der Waals surface area contributed by atoms with E-state index in [9.17, 15) is 21.9 Å². The zero-order valence-electron chi connectivity index (χ0n) is 10.0. The monoisotopic (exact) mass is 285 g/mol. The molecule has 1 heterocycles. The van der Waals surface area contributed by atoms with Crippen molar-refractivity contribution < 1.29 is 21.9 Å². The summed E-state index contributed by atoms with van der Waals surface area (Å²) in [5.41, 5.74) is 0. The van der Waals surface area contributed by atoms with Gasteiger partial charge in [-0.3, -0.25) is 0 Å². The maximum Gasteiger partial charge on any atom is 0.228 e. The molecule has 1 aliphatic rings. The van der Waals surface area contributed by atoms with Crippen LogP contribution in [0.1, 0.15) is 19.8 Å². The summed E-state index contributed by atoms with van der Waals surface area (Å²) in [5, 5.41) is 8.55. The van der Waals surface area contributed by atoms with Crippen molar-refractivity contribution in [1.29, 1.82) is 0 Å². The number of aliphatic hydroxyl groups excluding tert-OH is 1. The van der Waals surface area contributed by atoms with E-state index in [1.807, 2.05) is 0 Å². The molecule has 1 atom stereocenters. The standard InChI is InChI=1S/C9H19NO5S2/c1-8(11)9-3-5-10(6-4-9)17(14,15)7-16(2,12)13/h8-9,11H,3-7H2,1-2H3. The molecule has 1 unspecified atom stereocenters. The minimum atomic E-state index is -3.73. The Morgan fingerprint density at radius 2 is 1.71 bits per heavy atom. The Balaban J connectivity index is 2.65. The Kier molecular flexibility index (Phi) is 4.56. The maximum absolute atomic E-state index is 11.8. The van der Waals surface area contributed by atoms with Gasteiger partial charge in [0.1, 0.15) is 0 Å². The molecule has 1 saturated heterocycles. The summed E-state index contributed by atoms with van der Waals surface area (Å²) in [6.45, 7) is 2.26. The lowest BCUT2D eigenvalue weighted by Gasteiger charge is -2.32. The Morgan fingerprint density at radius 1 is 1.24 bits per heavy atom. The van der Waals surface area contributed by atoms with Crippen molar-refractivity contribution in [2.45, 2.75) is 25.9 Å². The molecular formula is C9H19NO5S2. The summed E-state index contributed by atoms with van der Waals surface area (Å²) < 4.78 is 46.8. The maximum atomic E-state index is 11.8. The predicted octanol–water partition coefficient (Wildman–Crippen LogP) is -0.589. The number of piperidine rings is 1. The van der Waals surface area contributed by atoms with E-state index >= 15 is 0 Å². The second-order valence-corrected chi connectivity index (χ2v) is 9.11. The van der Waals surface area contributed by atoms with Crippen LogP contribution in [-0.2, 0) is 19.9 Å². The fraction of sp³-hybridized carbons (Fsp3) is 1.00. The van der Waals surface area contributed by atoms with Gasteiger partial charge in [0, 0.05) is 19.3 Å². The topological polar surface area (TPSA) is 91.8 Å². The molecule has 0 aromatic heterocycles. The number of sulfonamides is 1. The van der Waals surface area contributed by atoms with Gasteiger partial charge in [0.05, 0.1) is 6.10 Å². The molecule has 1 fully saturated rings. The largest absolute Gasteiger partial charge is 0.393 e. The lowest BCUT2D eigenvalue weighted by Crippen LogP contribution is -2.42. The van der Waals surface area contributed by atoms with Gasteiger partial charge in [-0.1, -0.05) is 0 Å². The summed E-state index contributed by atoms with van der Waals surface area (Å²) in [6, 6.07) is 0. The molecule has 8 heteroatoms. The van der Waals surface area contributed by atoms with E-state index in [4.69, 9.17) is 0 Å². The molecule has 0 radical (unpaired) electrons. The number of hydrogen-bond donors (Lipinski definition) is 1. The van der Waals surface area contributed by atoms with Gasteiger partial charge in [0.2, 0.25) is 10.0 Å². The summed E-state index contributed by atoms with van der Waals surface area (Å²) in [7, 11) is -7.27. The highest BCUT2D eigenvalue weighted by molar-refractivity contribution is 8.06. The quantitative estimate of drug-likeness (QED) is 0.745. The summed E-state index contributed by atoms with van der Waals surface area (Å²) in [4.78, 5) is 0. The third-order valence-electron chi connectivity index (χ3n) is 2.94. The lowest BCUT2D eigenvalue weighted by atomic mass is 9.93. The lowest BCUT2D eigenvalue weighted by molar-refractivity contribution is 0.0913. The van der Waals surface area contributed by atoms with Gasteiger partial charge in [0.15, 0.2) is 14.9 Å². The number of aliphatic hydroxyl groups is 1. The van der Waals surface area contributed by atoms with E-state index in [1.54, 1.807) is 6.92 Å².